The molecule has 1 aliphatic heterocycles. The van der Waals surface area contributed by atoms with Crippen LogP contribution in [0, 0.1) is 13.8 Å². The van der Waals surface area contributed by atoms with Crippen molar-refractivity contribution in [3.63, 3.8) is 0 Å². The summed E-state index contributed by atoms with van der Waals surface area (Å²) < 4.78 is 30.1. The lowest BCUT2D eigenvalue weighted by Gasteiger charge is -2.11. The van der Waals surface area contributed by atoms with Crippen LogP contribution in [0.5, 0.6) is 0 Å². The van der Waals surface area contributed by atoms with Crippen molar-refractivity contribution in [2.24, 2.45) is 0 Å². The van der Waals surface area contributed by atoms with Crippen LogP contribution in [0.25, 0.3) is 0 Å². The summed E-state index contributed by atoms with van der Waals surface area (Å²) >= 11 is 0. The molecular weight excluding hydrogens is 306 g/mol. The van der Waals surface area contributed by atoms with Gasteiger partial charge in [-0.1, -0.05) is 0 Å². The Bertz CT molecular complexity index is 651. The number of hydrogen-bond donors (Lipinski definition) is 1. The number of carbonyl (C=O) groups excluding carboxylic acids is 1. The summed E-state index contributed by atoms with van der Waals surface area (Å²) in [6.07, 6.45) is 0.859. The molecule has 1 fully saturated rings. The molecule has 0 bridgehead atoms. The summed E-state index contributed by atoms with van der Waals surface area (Å²) in [7, 11) is -2.97. The van der Waals surface area contributed by atoms with Gasteiger partial charge in [0.05, 0.1) is 47.7 Å². The number of ether oxygens (including phenoxy) is 1. The van der Waals surface area contributed by atoms with Crippen LogP contribution in [0.15, 0.2) is 0 Å². The summed E-state index contributed by atoms with van der Waals surface area (Å²) in [6.45, 7) is 6.51. The van der Waals surface area contributed by atoms with Crippen molar-refractivity contribution < 1.29 is 17.9 Å². The Morgan fingerprint density at radius 2 is 2.18 bits per heavy atom. The molecule has 1 aliphatic rings. The maximum atomic E-state index is 11.9. The predicted octanol–water partition coefficient (Wildman–Crippen LogP) is 1.22. The first-order valence-electron chi connectivity index (χ1n) is 7.47. The number of amides is 1. The third kappa shape index (κ3) is 3.86. The van der Waals surface area contributed by atoms with E-state index in [1.807, 2.05) is 20.8 Å². The first-order valence-corrected chi connectivity index (χ1v) is 9.30. The number of hydrogen-bond acceptors (Lipinski definition) is 5. The Morgan fingerprint density at radius 1 is 1.45 bits per heavy atom. The van der Waals surface area contributed by atoms with Gasteiger partial charge in [-0.15, -0.1) is 0 Å². The van der Waals surface area contributed by atoms with E-state index in [0.717, 1.165) is 5.69 Å². The second kappa shape index (κ2) is 6.78. The van der Waals surface area contributed by atoms with E-state index < -0.39 is 9.84 Å². The van der Waals surface area contributed by atoms with Crippen molar-refractivity contribution in [1.82, 2.24) is 9.78 Å². The zero-order valence-electron chi connectivity index (χ0n) is 13.3. The molecule has 0 aliphatic carbocycles. The third-order valence-electron chi connectivity index (χ3n) is 3.82. The first-order chi connectivity index (χ1) is 10.3. The van der Waals surface area contributed by atoms with Crippen LogP contribution in [0.3, 0.4) is 0 Å². The molecule has 1 unspecified atom stereocenters. The molecule has 1 aromatic rings. The van der Waals surface area contributed by atoms with Crippen LogP contribution in [0.2, 0.25) is 0 Å². The zero-order valence-corrected chi connectivity index (χ0v) is 14.1. The molecule has 0 spiro atoms. The highest BCUT2D eigenvalue weighted by atomic mass is 32.2. The molecule has 0 aromatic carbocycles. The van der Waals surface area contributed by atoms with Crippen LogP contribution in [-0.2, 0) is 19.4 Å². The summed E-state index contributed by atoms with van der Waals surface area (Å²) in [4.78, 5) is 11.9. The summed E-state index contributed by atoms with van der Waals surface area (Å²) in [5.41, 5.74) is 2.17. The molecule has 1 aromatic heterocycles. The monoisotopic (exact) mass is 329 g/mol. The average Bonchev–Trinajstić information content (AvgIpc) is 2.93. The predicted molar refractivity (Wildman–Crippen MR) is 83.7 cm³/mol. The molecule has 0 radical (unpaired) electrons. The van der Waals surface area contributed by atoms with Crippen molar-refractivity contribution >= 4 is 21.4 Å². The summed E-state index contributed by atoms with van der Waals surface area (Å²) in [5, 5.41) is 7.26. The number of aryl methyl sites for hydroxylation is 1. The van der Waals surface area contributed by atoms with Crippen LogP contribution in [-0.4, -0.2) is 48.8 Å². The Morgan fingerprint density at radius 3 is 2.77 bits per heavy atom. The first kappa shape index (κ1) is 17.0. The topological polar surface area (TPSA) is 90.3 Å². The Kier molecular flexibility index (Phi) is 5.23. The van der Waals surface area contributed by atoms with Gasteiger partial charge in [0.2, 0.25) is 5.91 Å². The van der Waals surface area contributed by atoms with Gasteiger partial charge in [-0.3, -0.25) is 9.48 Å². The van der Waals surface area contributed by atoms with Gasteiger partial charge in [0, 0.05) is 6.61 Å². The fourth-order valence-corrected chi connectivity index (χ4v) is 4.37. The number of nitrogens with one attached hydrogen (secondary N) is 1. The normalized spacial score (nSPS) is 20.2. The maximum absolute atomic E-state index is 11.9. The van der Waals surface area contributed by atoms with Crippen LogP contribution >= 0.6 is 0 Å². The summed E-state index contributed by atoms with van der Waals surface area (Å²) in [5.74, 6) is 0.192. The molecule has 8 heteroatoms. The van der Waals surface area contributed by atoms with Gasteiger partial charge in [-0.25, -0.2) is 8.42 Å². The van der Waals surface area contributed by atoms with Crippen LogP contribution in [0.1, 0.15) is 37.2 Å². The lowest BCUT2D eigenvalue weighted by atomic mass is 10.2. The molecule has 2 rings (SSSR count). The standard InChI is InChI=1S/C14H23N3O4S/c1-4-21-7-5-13(18)15-14-10(2)16-17(11(14)3)12-6-8-22(19,20)9-12/h12H,4-9H2,1-3H3,(H,15,18). The minimum Gasteiger partial charge on any atom is -0.381 e. The molecule has 124 valence electrons. The van der Waals surface area contributed by atoms with E-state index >= 15 is 0 Å². The minimum atomic E-state index is -2.97. The molecular formula is C14H23N3O4S. The van der Waals surface area contributed by atoms with Crippen molar-refractivity contribution in [2.75, 3.05) is 30.0 Å². The lowest BCUT2D eigenvalue weighted by molar-refractivity contribution is -0.117. The van der Waals surface area contributed by atoms with Gasteiger partial charge in [0.1, 0.15) is 0 Å². The van der Waals surface area contributed by atoms with Gasteiger partial charge >= 0.3 is 0 Å². The zero-order chi connectivity index (χ0) is 16.3. The van der Waals surface area contributed by atoms with E-state index in [4.69, 9.17) is 4.74 Å². The van der Waals surface area contributed by atoms with Crippen molar-refractivity contribution in [1.29, 1.82) is 0 Å². The van der Waals surface area contributed by atoms with E-state index in [0.29, 0.717) is 31.0 Å². The van der Waals surface area contributed by atoms with Gasteiger partial charge in [0.25, 0.3) is 0 Å². The van der Waals surface area contributed by atoms with Gasteiger partial charge in [-0.05, 0) is 27.2 Å². The van der Waals surface area contributed by atoms with E-state index in [1.165, 1.54) is 0 Å². The fourth-order valence-electron chi connectivity index (χ4n) is 2.68. The molecule has 7 nitrogen and oxygen atoms in total. The van der Waals surface area contributed by atoms with Crippen molar-refractivity contribution in [3.8, 4) is 0 Å². The van der Waals surface area contributed by atoms with E-state index in [9.17, 15) is 13.2 Å². The highest BCUT2D eigenvalue weighted by Crippen LogP contribution is 2.29. The van der Waals surface area contributed by atoms with Crippen molar-refractivity contribution in [3.05, 3.63) is 11.4 Å². The molecule has 2 heterocycles. The Hall–Kier alpha value is -1.41. The quantitative estimate of drug-likeness (QED) is 0.793. The minimum absolute atomic E-state index is 0.118. The number of anilines is 1. The molecule has 22 heavy (non-hydrogen) atoms. The second-order valence-electron chi connectivity index (χ2n) is 5.54. The number of rotatable bonds is 6. The van der Waals surface area contributed by atoms with Crippen LogP contribution in [0.4, 0.5) is 5.69 Å². The third-order valence-corrected chi connectivity index (χ3v) is 5.57. The van der Waals surface area contributed by atoms with Gasteiger partial charge in [0.15, 0.2) is 9.84 Å². The SMILES string of the molecule is CCOCCC(=O)Nc1c(C)nn(C2CCS(=O)(=O)C2)c1C. The highest BCUT2D eigenvalue weighted by Gasteiger charge is 2.31. The van der Waals surface area contributed by atoms with E-state index in [-0.39, 0.29) is 29.9 Å². The number of nitrogens with zero attached hydrogens (tertiary/aromatic N) is 2. The average molecular weight is 329 g/mol. The van der Waals surface area contributed by atoms with Crippen LogP contribution < -0.4 is 5.32 Å². The Balaban J connectivity index is 2.09. The number of carbonyl (C=O) groups is 1. The molecule has 1 amide bonds. The molecule has 0 saturated carbocycles. The lowest BCUT2D eigenvalue weighted by Crippen LogP contribution is -2.16. The smallest absolute Gasteiger partial charge is 0.226 e. The molecule has 1 N–H and O–H groups in total. The van der Waals surface area contributed by atoms with E-state index in [1.54, 1.807) is 4.68 Å². The largest absolute Gasteiger partial charge is 0.381 e. The maximum Gasteiger partial charge on any atom is 0.226 e. The molecule has 1 saturated heterocycles. The van der Waals surface area contributed by atoms with Gasteiger partial charge in [-0.2, -0.15) is 5.10 Å². The summed E-state index contributed by atoms with van der Waals surface area (Å²) in [6, 6.07) is -0.141. The number of sulfone groups is 1. The van der Waals surface area contributed by atoms with Crippen molar-refractivity contribution in [2.45, 2.75) is 39.7 Å². The highest BCUT2D eigenvalue weighted by molar-refractivity contribution is 7.91. The fraction of sp³-hybridized carbons (Fsp3) is 0.714. The Labute approximate surface area is 130 Å². The van der Waals surface area contributed by atoms with E-state index in [2.05, 4.69) is 10.4 Å². The molecule has 1 atom stereocenters. The second-order valence-corrected chi connectivity index (χ2v) is 7.77. The number of aromatic nitrogens is 2. The van der Waals surface area contributed by atoms with Gasteiger partial charge < -0.3 is 10.1 Å².